The van der Waals surface area contributed by atoms with Crippen LogP contribution < -0.4 is 14.8 Å². The Labute approximate surface area is 172 Å². The third-order valence-corrected chi connectivity index (χ3v) is 6.24. The van der Waals surface area contributed by atoms with E-state index in [1.807, 2.05) is 0 Å². The molecule has 0 aliphatic heterocycles. The zero-order chi connectivity index (χ0) is 20.7. The standard InChI is InChI=1S/C22H26N2O4S/c1-28-20-12-10-19(11-13-20)24-29(26,27)21-9-5-8-18(16-21)22(25)23-15-14-17-6-3-2-4-7-17/h5-6,8-13,16,24H,2-4,7,14-15H2,1H3,(H,23,25). The minimum atomic E-state index is -3.81. The number of carbonyl (C=O) groups excluding carboxylic acids is 1. The van der Waals surface area contributed by atoms with Gasteiger partial charge >= 0.3 is 0 Å². The number of anilines is 1. The number of hydrogen-bond acceptors (Lipinski definition) is 4. The molecule has 29 heavy (non-hydrogen) atoms. The zero-order valence-electron chi connectivity index (χ0n) is 16.5. The number of amides is 1. The van der Waals surface area contributed by atoms with E-state index in [4.69, 9.17) is 4.74 Å². The summed E-state index contributed by atoms with van der Waals surface area (Å²) < 4.78 is 32.9. The minimum Gasteiger partial charge on any atom is -0.497 e. The predicted molar refractivity (Wildman–Crippen MR) is 114 cm³/mol. The van der Waals surface area contributed by atoms with E-state index in [1.165, 1.54) is 30.5 Å². The van der Waals surface area contributed by atoms with Crippen molar-refractivity contribution in [3.63, 3.8) is 0 Å². The monoisotopic (exact) mass is 414 g/mol. The van der Waals surface area contributed by atoms with E-state index in [0.717, 1.165) is 19.3 Å². The van der Waals surface area contributed by atoms with Crippen molar-refractivity contribution in [1.82, 2.24) is 5.32 Å². The van der Waals surface area contributed by atoms with E-state index in [-0.39, 0.29) is 10.8 Å². The molecule has 1 aliphatic rings. The topological polar surface area (TPSA) is 84.5 Å². The lowest BCUT2D eigenvalue weighted by molar-refractivity contribution is 0.0954. The van der Waals surface area contributed by atoms with Crippen LogP contribution in [0, 0.1) is 0 Å². The van der Waals surface area contributed by atoms with Crippen LogP contribution >= 0.6 is 0 Å². The number of nitrogens with one attached hydrogen (secondary N) is 2. The molecule has 2 aromatic rings. The summed E-state index contributed by atoms with van der Waals surface area (Å²) in [4.78, 5) is 12.5. The lowest BCUT2D eigenvalue weighted by Crippen LogP contribution is -2.25. The molecule has 0 bridgehead atoms. The van der Waals surface area contributed by atoms with Gasteiger partial charge < -0.3 is 10.1 Å². The number of allylic oxidation sites excluding steroid dienone is 1. The first-order valence-electron chi connectivity index (χ1n) is 9.71. The van der Waals surface area contributed by atoms with Gasteiger partial charge in [-0.25, -0.2) is 8.42 Å². The molecular weight excluding hydrogens is 388 g/mol. The first-order chi connectivity index (χ1) is 14.0. The number of rotatable bonds is 8. The molecule has 154 valence electrons. The first-order valence-corrected chi connectivity index (χ1v) is 11.2. The van der Waals surface area contributed by atoms with Crippen LogP contribution in [0.25, 0.3) is 0 Å². The highest BCUT2D eigenvalue weighted by molar-refractivity contribution is 7.92. The summed E-state index contributed by atoms with van der Waals surface area (Å²) in [6, 6.07) is 12.6. The molecule has 0 saturated carbocycles. The van der Waals surface area contributed by atoms with Crippen LogP contribution in [0.1, 0.15) is 42.5 Å². The largest absolute Gasteiger partial charge is 0.497 e. The van der Waals surface area contributed by atoms with Gasteiger partial charge in [-0.15, -0.1) is 0 Å². The number of ether oxygens (including phenoxy) is 1. The molecule has 0 unspecified atom stereocenters. The fourth-order valence-corrected chi connectivity index (χ4v) is 4.35. The number of hydrogen-bond donors (Lipinski definition) is 2. The van der Waals surface area contributed by atoms with E-state index >= 15 is 0 Å². The molecule has 0 radical (unpaired) electrons. The first kappa shape index (κ1) is 20.9. The molecule has 2 N–H and O–H groups in total. The SMILES string of the molecule is COc1ccc(NS(=O)(=O)c2cccc(C(=O)NCCC3=CCCCC3)c2)cc1. The van der Waals surface area contributed by atoms with Crippen molar-refractivity contribution in [2.24, 2.45) is 0 Å². The number of carbonyl (C=O) groups is 1. The van der Waals surface area contributed by atoms with Crippen molar-refractivity contribution in [3.8, 4) is 5.75 Å². The van der Waals surface area contributed by atoms with Crippen molar-refractivity contribution in [2.75, 3.05) is 18.4 Å². The lowest BCUT2D eigenvalue weighted by atomic mass is 9.97. The third-order valence-electron chi connectivity index (χ3n) is 4.87. The fraction of sp³-hybridized carbons (Fsp3) is 0.318. The van der Waals surface area contributed by atoms with Crippen LogP contribution in [-0.4, -0.2) is 28.0 Å². The molecule has 0 fully saturated rings. The second-order valence-corrected chi connectivity index (χ2v) is 8.66. The lowest BCUT2D eigenvalue weighted by Gasteiger charge is -2.13. The van der Waals surface area contributed by atoms with E-state index in [9.17, 15) is 13.2 Å². The Morgan fingerprint density at radius 1 is 1.10 bits per heavy atom. The summed E-state index contributed by atoms with van der Waals surface area (Å²) in [6.07, 6.45) is 7.75. The summed E-state index contributed by atoms with van der Waals surface area (Å²) in [6.45, 7) is 0.547. The Bertz CT molecular complexity index is 982. The summed E-state index contributed by atoms with van der Waals surface area (Å²) in [5.41, 5.74) is 2.12. The Morgan fingerprint density at radius 3 is 2.59 bits per heavy atom. The van der Waals surface area contributed by atoms with Crippen LogP contribution in [0.15, 0.2) is 65.1 Å². The van der Waals surface area contributed by atoms with Gasteiger partial charge in [-0.05, 0) is 74.6 Å². The second-order valence-electron chi connectivity index (χ2n) is 6.98. The summed E-state index contributed by atoms with van der Waals surface area (Å²) >= 11 is 0. The second kappa shape index (κ2) is 9.60. The molecule has 1 amide bonds. The van der Waals surface area contributed by atoms with Crippen LogP contribution in [-0.2, 0) is 10.0 Å². The fourth-order valence-electron chi connectivity index (χ4n) is 3.25. The van der Waals surface area contributed by atoms with E-state index in [1.54, 1.807) is 43.5 Å². The number of benzene rings is 2. The number of sulfonamides is 1. The normalized spacial score (nSPS) is 14.0. The van der Waals surface area contributed by atoms with Gasteiger partial charge in [-0.3, -0.25) is 9.52 Å². The molecule has 3 rings (SSSR count). The maximum absolute atomic E-state index is 12.7. The Balaban J connectivity index is 1.63. The highest BCUT2D eigenvalue weighted by atomic mass is 32.2. The van der Waals surface area contributed by atoms with Gasteiger partial charge in [0.2, 0.25) is 0 Å². The summed E-state index contributed by atoms with van der Waals surface area (Å²) in [5, 5.41) is 2.88. The Morgan fingerprint density at radius 2 is 1.90 bits per heavy atom. The smallest absolute Gasteiger partial charge is 0.261 e. The van der Waals surface area contributed by atoms with E-state index in [2.05, 4.69) is 16.1 Å². The summed E-state index contributed by atoms with van der Waals surface area (Å²) in [5.74, 6) is 0.360. The highest BCUT2D eigenvalue weighted by Crippen LogP contribution is 2.21. The van der Waals surface area contributed by atoms with Crippen LogP contribution in [0.5, 0.6) is 5.75 Å². The predicted octanol–water partition coefficient (Wildman–Crippen LogP) is 4.12. The van der Waals surface area contributed by atoms with Gasteiger partial charge in [0.25, 0.3) is 15.9 Å². The molecule has 7 heteroatoms. The highest BCUT2D eigenvalue weighted by Gasteiger charge is 2.17. The minimum absolute atomic E-state index is 0.0379. The molecule has 1 aliphatic carbocycles. The Hall–Kier alpha value is -2.80. The Kier molecular flexibility index (Phi) is 6.93. The number of methoxy groups -OCH3 is 1. The summed E-state index contributed by atoms with van der Waals surface area (Å²) in [7, 11) is -2.26. The molecule has 0 saturated heterocycles. The van der Waals surface area contributed by atoms with E-state index < -0.39 is 10.0 Å². The zero-order valence-corrected chi connectivity index (χ0v) is 17.3. The van der Waals surface area contributed by atoms with Crippen molar-refractivity contribution in [3.05, 3.63) is 65.7 Å². The molecule has 2 aromatic carbocycles. The quantitative estimate of drug-likeness (QED) is 0.637. The molecule has 0 heterocycles. The van der Waals surface area contributed by atoms with Crippen LogP contribution in [0.4, 0.5) is 5.69 Å². The maximum Gasteiger partial charge on any atom is 0.261 e. The van der Waals surface area contributed by atoms with Gasteiger partial charge in [0.05, 0.1) is 12.0 Å². The van der Waals surface area contributed by atoms with Crippen LogP contribution in [0.3, 0.4) is 0 Å². The average molecular weight is 415 g/mol. The van der Waals surface area contributed by atoms with Crippen molar-refractivity contribution in [2.45, 2.75) is 37.0 Å². The maximum atomic E-state index is 12.7. The van der Waals surface area contributed by atoms with Crippen molar-refractivity contribution >= 4 is 21.6 Å². The van der Waals surface area contributed by atoms with Crippen molar-refractivity contribution < 1.29 is 17.9 Å². The molecule has 0 spiro atoms. The third kappa shape index (κ3) is 5.84. The van der Waals surface area contributed by atoms with Crippen LogP contribution in [0.2, 0.25) is 0 Å². The van der Waals surface area contributed by atoms with Gasteiger partial charge in [0, 0.05) is 17.8 Å². The van der Waals surface area contributed by atoms with Gasteiger partial charge in [0.1, 0.15) is 5.75 Å². The van der Waals surface area contributed by atoms with E-state index in [0.29, 0.717) is 23.5 Å². The molecular formula is C22H26N2O4S. The average Bonchev–Trinajstić information content (AvgIpc) is 2.75. The molecule has 0 atom stereocenters. The van der Waals surface area contributed by atoms with Gasteiger partial charge in [-0.1, -0.05) is 17.7 Å². The molecule has 0 aromatic heterocycles. The van der Waals surface area contributed by atoms with Crippen molar-refractivity contribution in [1.29, 1.82) is 0 Å². The van der Waals surface area contributed by atoms with Gasteiger partial charge in [0.15, 0.2) is 0 Å². The van der Waals surface area contributed by atoms with Gasteiger partial charge in [-0.2, -0.15) is 0 Å². The molecule has 6 nitrogen and oxygen atoms in total.